The number of hydrogen-bond acceptors (Lipinski definition) is 6. The van der Waals surface area contributed by atoms with E-state index in [2.05, 4.69) is 15.2 Å². The van der Waals surface area contributed by atoms with Crippen LogP contribution in [0.1, 0.15) is 51.9 Å². The minimum Gasteiger partial charge on any atom is -0.396 e. The molecule has 0 aromatic rings. The molecule has 0 aromatic heterocycles. The summed E-state index contributed by atoms with van der Waals surface area (Å²) in [7, 11) is -0.483. The molecule has 0 aliphatic carbocycles. The molecule has 4 N–H and O–H groups in total. The van der Waals surface area contributed by atoms with Gasteiger partial charge in [0.2, 0.25) is 11.8 Å². The third-order valence-corrected chi connectivity index (χ3v) is 4.33. The van der Waals surface area contributed by atoms with Crippen LogP contribution in [0.3, 0.4) is 0 Å². The van der Waals surface area contributed by atoms with Gasteiger partial charge in [-0.2, -0.15) is 0 Å². The zero-order valence-corrected chi connectivity index (χ0v) is 16.2. The molecule has 0 aromatic carbocycles. The summed E-state index contributed by atoms with van der Waals surface area (Å²) >= 11 is 0. The van der Waals surface area contributed by atoms with Crippen LogP contribution in [0.25, 0.3) is 0 Å². The van der Waals surface area contributed by atoms with Crippen molar-refractivity contribution in [3.63, 3.8) is 0 Å². The van der Waals surface area contributed by atoms with Gasteiger partial charge in [-0.25, -0.2) is 0 Å². The van der Waals surface area contributed by atoms with E-state index in [1.165, 1.54) is 14.0 Å². The zero-order chi connectivity index (χ0) is 18.9. The topological polar surface area (TPSA) is 117 Å². The van der Waals surface area contributed by atoms with Gasteiger partial charge in [0.05, 0.1) is 6.61 Å². The maximum atomic E-state index is 11.7. The Balaban J connectivity index is 3.50. The average molecular weight is 380 g/mol. The second kappa shape index (κ2) is 16.7. The lowest BCUT2D eigenvalue weighted by Gasteiger charge is -2.15. The second-order valence-electron chi connectivity index (χ2n) is 5.90. The molecule has 2 atom stereocenters. The highest BCUT2D eigenvalue weighted by atomic mass is 31.2. The predicted molar refractivity (Wildman–Crippen MR) is 96.7 cm³/mol. The fourth-order valence-corrected chi connectivity index (χ4v) is 2.62. The lowest BCUT2D eigenvalue weighted by Crippen LogP contribution is -2.24. The fraction of sp³-hybridized carbons (Fsp3) is 0.875. The van der Waals surface area contributed by atoms with E-state index in [0.717, 1.165) is 38.5 Å². The number of carbonyl (C=O) groups is 2. The zero-order valence-electron chi connectivity index (χ0n) is 15.3. The molecule has 2 amide bonds. The minimum absolute atomic E-state index is 0.00225. The van der Waals surface area contributed by atoms with Crippen molar-refractivity contribution in [2.24, 2.45) is 5.92 Å². The molecule has 0 bridgehead atoms. The highest BCUT2D eigenvalue weighted by molar-refractivity contribution is 7.40. The molecule has 0 heterocycles. The normalized spacial score (nSPS) is 13.3. The Morgan fingerprint density at radius 3 is 2.40 bits per heavy atom. The Labute approximate surface area is 151 Å². The summed E-state index contributed by atoms with van der Waals surface area (Å²) in [5.74, 6) is -0.0113. The van der Waals surface area contributed by atoms with Crippen molar-refractivity contribution < 1.29 is 28.6 Å². The van der Waals surface area contributed by atoms with Gasteiger partial charge >= 0.3 is 8.60 Å². The SMILES string of the molecule is COP(O)OCC(CO)CCCCNC(=O)CCCCCNC(C)=O. The quantitative estimate of drug-likeness (QED) is 0.238. The van der Waals surface area contributed by atoms with Crippen LogP contribution in [0.4, 0.5) is 0 Å². The Morgan fingerprint density at radius 1 is 1.08 bits per heavy atom. The largest absolute Gasteiger partial charge is 0.396 e. The Hall–Kier alpha value is -0.790. The molecule has 0 rings (SSSR count). The monoisotopic (exact) mass is 380 g/mol. The second-order valence-corrected chi connectivity index (χ2v) is 7.00. The van der Waals surface area contributed by atoms with Crippen LogP contribution in [-0.4, -0.2) is 55.2 Å². The summed E-state index contributed by atoms with van der Waals surface area (Å²) in [6, 6.07) is 0. The van der Waals surface area contributed by atoms with E-state index in [0.29, 0.717) is 19.5 Å². The number of rotatable bonds is 16. The van der Waals surface area contributed by atoms with E-state index >= 15 is 0 Å². The first-order chi connectivity index (χ1) is 12.0. The van der Waals surface area contributed by atoms with Crippen molar-refractivity contribution in [3.05, 3.63) is 0 Å². The van der Waals surface area contributed by atoms with E-state index in [-0.39, 0.29) is 30.9 Å². The van der Waals surface area contributed by atoms with Gasteiger partial charge in [-0.1, -0.05) is 12.8 Å². The van der Waals surface area contributed by atoms with Gasteiger partial charge in [-0.3, -0.25) is 9.59 Å². The van der Waals surface area contributed by atoms with Crippen LogP contribution in [-0.2, 0) is 18.6 Å². The fourth-order valence-electron chi connectivity index (χ4n) is 2.18. The van der Waals surface area contributed by atoms with Crippen LogP contribution in [0.15, 0.2) is 0 Å². The molecule has 148 valence electrons. The molecule has 0 fully saturated rings. The molecule has 2 unspecified atom stereocenters. The predicted octanol–water partition coefficient (Wildman–Crippen LogP) is 1.46. The number of carbonyl (C=O) groups excluding carboxylic acids is 2. The van der Waals surface area contributed by atoms with E-state index in [1.54, 1.807) is 0 Å². The number of unbranched alkanes of at least 4 members (excludes halogenated alkanes) is 3. The number of hydrogen-bond donors (Lipinski definition) is 4. The highest BCUT2D eigenvalue weighted by Gasteiger charge is 2.12. The highest BCUT2D eigenvalue weighted by Crippen LogP contribution is 2.32. The maximum absolute atomic E-state index is 11.7. The number of amides is 2. The lowest BCUT2D eigenvalue weighted by molar-refractivity contribution is -0.121. The van der Waals surface area contributed by atoms with Crippen LogP contribution >= 0.6 is 8.60 Å². The smallest absolute Gasteiger partial charge is 0.329 e. The van der Waals surface area contributed by atoms with Gasteiger partial charge in [0.15, 0.2) is 0 Å². The van der Waals surface area contributed by atoms with E-state index in [4.69, 9.17) is 4.52 Å². The first-order valence-corrected chi connectivity index (χ1v) is 9.90. The van der Waals surface area contributed by atoms with Gasteiger partial charge < -0.3 is 29.7 Å². The molecular weight excluding hydrogens is 347 g/mol. The number of aliphatic hydroxyl groups excluding tert-OH is 1. The van der Waals surface area contributed by atoms with Crippen molar-refractivity contribution in [3.8, 4) is 0 Å². The number of nitrogens with one attached hydrogen (secondary N) is 2. The molecule has 0 aliphatic heterocycles. The molecule has 0 saturated carbocycles. The standard InChI is InChI=1S/C16H33N2O6P/c1-14(20)17-10-6-3-4-9-16(21)18-11-7-5-8-15(12-19)13-24-25(22)23-2/h15,19,22H,3-13H2,1-2H3,(H,17,20)(H,18,21). The molecule has 0 aliphatic rings. The van der Waals surface area contributed by atoms with E-state index in [1.807, 2.05) is 0 Å². The summed E-state index contributed by atoms with van der Waals surface area (Å²) in [6.07, 6.45) is 5.59. The van der Waals surface area contributed by atoms with Crippen molar-refractivity contribution >= 4 is 20.4 Å². The summed E-state index contributed by atoms with van der Waals surface area (Å²) in [4.78, 5) is 31.5. The van der Waals surface area contributed by atoms with Crippen LogP contribution in [0.2, 0.25) is 0 Å². The molecule has 0 spiro atoms. The van der Waals surface area contributed by atoms with Gasteiger partial charge in [0.25, 0.3) is 0 Å². The van der Waals surface area contributed by atoms with Crippen LogP contribution in [0.5, 0.6) is 0 Å². The molecule has 8 nitrogen and oxygen atoms in total. The van der Waals surface area contributed by atoms with Crippen molar-refractivity contribution in [2.75, 3.05) is 33.4 Å². The Morgan fingerprint density at radius 2 is 1.76 bits per heavy atom. The summed E-state index contributed by atoms with van der Waals surface area (Å²) < 4.78 is 9.70. The third-order valence-electron chi connectivity index (χ3n) is 3.65. The van der Waals surface area contributed by atoms with E-state index < -0.39 is 8.60 Å². The summed E-state index contributed by atoms with van der Waals surface area (Å²) in [5, 5.41) is 14.9. The first kappa shape index (κ1) is 24.2. The van der Waals surface area contributed by atoms with Crippen LogP contribution < -0.4 is 10.6 Å². The Kier molecular flexibility index (Phi) is 16.1. The number of aliphatic hydroxyl groups is 1. The minimum atomic E-state index is -1.85. The van der Waals surface area contributed by atoms with E-state index in [9.17, 15) is 19.6 Å². The lowest BCUT2D eigenvalue weighted by atomic mass is 10.0. The van der Waals surface area contributed by atoms with Gasteiger partial charge in [-0.05, 0) is 25.7 Å². The summed E-state index contributed by atoms with van der Waals surface area (Å²) in [6.45, 7) is 3.03. The van der Waals surface area contributed by atoms with Gasteiger partial charge in [0.1, 0.15) is 0 Å². The first-order valence-electron chi connectivity index (χ1n) is 8.77. The average Bonchev–Trinajstić information content (AvgIpc) is 2.59. The van der Waals surface area contributed by atoms with Crippen molar-refractivity contribution in [1.29, 1.82) is 0 Å². The summed E-state index contributed by atoms with van der Waals surface area (Å²) in [5.41, 5.74) is 0. The van der Waals surface area contributed by atoms with Crippen molar-refractivity contribution in [1.82, 2.24) is 10.6 Å². The third kappa shape index (κ3) is 16.4. The van der Waals surface area contributed by atoms with Gasteiger partial charge in [0, 0.05) is 46.1 Å². The molecule has 0 saturated heterocycles. The Bertz CT molecular complexity index is 360. The van der Waals surface area contributed by atoms with Crippen LogP contribution in [0, 0.1) is 5.92 Å². The molecule has 0 radical (unpaired) electrons. The molecular formula is C16H33N2O6P. The maximum Gasteiger partial charge on any atom is 0.329 e. The van der Waals surface area contributed by atoms with Gasteiger partial charge in [-0.15, -0.1) is 0 Å². The van der Waals surface area contributed by atoms with Crippen molar-refractivity contribution in [2.45, 2.75) is 51.9 Å². The molecule has 25 heavy (non-hydrogen) atoms. The molecule has 9 heteroatoms.